The van der Waals surface area contributed by atoms with Crippen molar-refractivity contribution in [2.45, 2.75) is 26.1 Å². The van der Waals surface area contributed by atoms with Gasteiger partial charge in [0.15, 0.2) is 0 Å². The number of hydrogen-bond donors (Lipinski definition) is 1. The van der Waals surface area contributed by atoms with Crippen LogP contribution in [0.15, 0.2) is 17.5 Å². The Kier molecular flexibility index (Phi) is 6.10. The van der Waals surface area contributed by atoms with Crippen LogP contribution in [0.4, 0.5) is 13.2 Å². The first-order chi connectivity index (χ1) is 11.6. The highest BCUT2D eigenvalue weighted by atomic mass is 32.1. The van der Waals surface area contributed by atoms with Crippen LogP contribution in [0.25, 0.3) is 0 Å². The number of rotatable bonds is 2. The van der Waals surface area contributed by atoms with Crippen molar-refractivity contribution in [2.24, 2.45) is 11.8 Å². The Morgan fingerprint density at radius 1 is 1.20 bits per heavy atom. The molecule has 0 spiro atoms. The van der Waals surface area contributed by atoms with Crippen molar-refractivity contribution in [2.75, 3.05) is 26.2 Å². The lowest BCUT2D eigenvalue weighted by Crippen LogP contribution is -2.35. The maximum absolute atomic E-state index is 12.3. The number of aliphatic carboxylic acids is 1. The number of carboxylic acid groups (broad SMARTS) is 1. The fraction of sp³-hybridized carbons (Fsp3) is 0.625. The van der Waals surface area contributed by atoms with E-state index in [0.29, 0.717) is 17.9 Å². The van der Waals surface area contributed by atoms with E-state index in [4.69, 9.17) is 9.90 Å². The van der Waals surface area contributed by atoms with Gasteiger partial charge in [0.1, 0.15) is 0 Å². The number of carbonyl (C=O) groups is 2. The Morgan fingerprint density at radius 3 is 2.08 bits per heavy atom. The SMILES string of the molecule is CC(C)N1C[C@H]2CN(C(=O)c3cccs3)C[C@H]2C1.O=C(O)C(F)(F)F. The minimum atomic E-state index is -5.08. The summed E-state index contributed by atoms with van der Waals surface area (Å²) in [5.74, 6) is -1.14. The first-order valence-corrected chi connectivity index (χ1v) is 8.84. The molecule has 0 bridgehead atoms. The van der Waals surface area contributed by atoms with E-state index < -0.39 is 12.1 Å². The second-order valence-corrected chi connectivity index (χ2v) is 7.51. The van der Waals surface area contributed by atoms with E-state index in [0.717, 1.165) is 31.1 Å². The summed E-state index contributed by atoms with van der Waals surface area (Å²) in [7, 11) is 0. The molecule has 2 aliphatic rings. The fourth-order valence-corrected chi connectivity index (χ4v) is 3.86. The van der Waals surface area contributed by atoms with Crippen molar-refractivity contribution in [1.29, 1.82) is 0 Å². The smallest absolute Gasteiger partial charge is 0.475 e. The highest BCUT2D eigenvalue weighted by Crippen LogP contribution is 2.33. The zero-order chi connectivity index (χ0) is 18.8. The largest absolute Gasteiger partial charge is 0.490 e. The Balaban J connectivity index is 0.000000277. The van der Waals surface area contributed by atoms with Crippen molar-refractivity contribution in [3.8, 4) is 0 Å². The van der Waals surface area contributed by atoms with Gasteiger partial charge >= 0.3 is 12.1 Å². The van der Waals surface area contributed by atoms with Crippen LogP contribution in [0.2, 0.25) is 0 Å². The van der Waals surface area contributed by atoms with Gasteiger partial charge in [0.2, 0.25) is 0 Å². The van der Waals surface area contributed by atoms with Gasteiger partial charge in [-0.2, -0.15) is 13.2 Å². The molecule has 1 amide bonds. The molecule has 2 fully saturated rings. The van der Waals surface area contributed by atoms with E-state index >= 15 is 0 Å². The van der Waals surface area contributed by atoms with Gasteiger partial charge in [0.25, 0.3) is 5.91 Å². The topological polar surface area (TPSA) is 60.9 Å². The van der Waals surface area contributed by atoms with Crippen LogP contribution in [0.1, 0.15) is 23.5 Å². The van der Waals surface area contributed by atoms with E-state index in [1.54, 1.807) is 11.3 Å². The molecule has 9 heteroatoms. The fourth-order valence-electron chi connectivity index (χ4n) is 3.17. The van der Waals surface area contributed by atoms with Gasteiger partial charge in [-0.1, -0.05) is 6.07 Å². The van der Waals surface area contributed by atoms with E-state index in [2.05, 4.69) is 23.6 Å². The number of carbonyl (C=O) groups excluding carboxylic acids is 1. The van der Waals surface area contributed by atoms with E-state index in [9.17, 15) is 18.0 Å². The third-order valence-electron chi connectivity index (χ3n) is 4.51. The molecule has 25 heavy (non-hydrogen) atoms. The molecule has 5 nitrogen and oxygen atoms in total. The average molecular weight is 378 g/mol. The van der Waals surface area contributed by atoms with Gasteiger partial charge < -0.3 is 14.9 Å². The molecule has 1 aromatic heterocycles. The van der Waals surface area contributed by atoms with Crippen molar-refractivity contribution in [3.05, 3.63) is 22.4 Å². The van der Waals surface area contributed by atoms with Crippen LogP contribution in [0.3, 0.4) is 0 Å². The Morgan fingerprint density at radius 2 is 1.72 bits per heavy atom. The summed E-state index contributed by atoms with van der Waals surface area (Å²) in [6, 6.07) is 4.52. The molecule has 0 aliphatic carbocycles. The number of likely N-dealkylation sites (tertiary alicyclic amines) is 2. The van der Waals surface area contributed by atoms with Crippen LogP contribution < -0.4 is 0 Å². The van der Waals surface area contributed by atoms with Crippen LogP contribution in [-0.2, 0) is 4.79 Å². The quantitative estimate of drug-likeness (QED) is 0.860. The minimum absolute atomic E-state index is 0.232. The Bertz CT molecular complexity index is 590. The van der Waals surface area contributed by atoms with Crippen molar-refractivity contribution in [1.82, 2.24) is 9.80 Å². The summed E-state index contributed by atoms with van der Waals surface area (Å²) >= 11 is 1.55. The summed E-state index contributed by atoms with van der Waals surface area (Å²) < 4.78 is 31.7. The molecule has 1 N–H and O–H groups in total. The van der Waals surface area contributed by atoms with E-state index in [1.807, 2.05) is 17.5 Å². The van der Waals surface area contributed by atoms with Crippen LogP contribution in [-0.4, -0.2) is 65.2 Å². The molecular formula is C16H21F3N2O3S. The van der Waals surface area contributed by atoms with Crippen molar-refractivity contribution < 1.29 is 27.9 Å². The molecule has 140 valence electrons. The molecule has 0 aromatic carbocycles. The third kappa shape index (κ3) is 4.94. The lowest BCUT2D eigenvalue weighted by atomic mass is 10.0. The number of alkyl halides is 3. The second-order valence-electron chi connectivity index (χ2n) is 6.56. The molecule has 0 radical (unpaired) electrons. The van der Waals surface area contributed by atoms with Gasteiger partial charge in [-0.3, -0.25) is 4.79 Å². The molecular weight excluding hydrogens is 357 g/mol. The normalized spacial score (nSPS) is 23.4. The van der Waals surface area contributed by atoms with Gasteiger partial charge in [0.05, 0.1) is 4.88 Å². The number of nitrogens with zero attached hydrogens (tertiary/aromatic N) is 2. The molecule has 2 saturated heterocycles. The Labute approximate surface area is 148 Å². The monoisotopic (exact) mass is 378 g/mol. The van der Waals surface area contributed by atoms with Crippen LogP contribution in [0.5, 0.6) is 0 Å². The molecule has 3 rings (SSSR count). The van der Waals surface area contributed by atoms with Crippen LogP contribution >= 0.6 is 11.3 Å². The summed E-state index contributed by atoms with van der Waals surface area (Å²) in [6.45, 7) is 8.74. The number of fused-ring (bicyclic) bond motifs is 1. The standard InChI is InChI=1S/C14H20N2OS.C2HF3O2/c1-10(2)15-6-11-8-16(9-12(11)7-15)14(17)13-4-3-5-18-13;3-2(4,5)1(6)7/h3-5,10-12H,6-9H2,1-2H3;(H,6,7)/t11-,12+;. The second kappa shape index (κ2) is 7.74. The van der Waals surface area contributed by atoms with Gasteiger partial charge in [-0.15, -0.1) is 11.3 Å². The van der Waals surface area contributed by atoms with Crippen molar-refractivity contribution >= 4 is 23.2 Å². The zero-order valence-corrected chi connectivity index (χ0v) is 14.8. The number of amides is 1. The first-order valence-electron chi connectivity index (χ1n) is 7.96. The van der Waals surface area contributed by atoms with Crippen LogP contribution in [0, 0.1) is 11.8 Å². The summed E-state index contributed by atoms with van der Waals surface area (Å²) in [4.78, 5) is 26.7. The average Bonchev–Trinajstić information content (AvgIpc) is 3.21. The molecule has 3 heterocycles. The number of carboxylic acids is 1. The lowest BCUT2D eigenvalue weighted by molar-refractivity contribution is -0.192. The third-order valence-corrected chi connectivity index (χ3v) is 5.36. The molecule has 1 aromatic rings. The van der Waals surface area contributed by atoms with E-state index in [-0.39, 0.29) is 5.91 Å². The molecule has 2 aliphatic heterocycles. The predicted octanol–water partition coefficient (Wildman–Crippen LogP) is 2.79. The highest BCUT2D eigenvalue weighted by molar-refractivity contribution is 7.12. The van der Waals surface area contributed by atoms with Gasteiger partial charge in [-0.25, -0.2) is 4.79 Å². The lowest BCUT2D eigenvalue weighted by Gasteiger charge is -2.24. The molecule has 0 unspecified atom stereocenters. The molecule has 2 atom stereocenters. The maximum Gasteiger partial charge on any atom is 0.490 e. The zero-order valence-electron chi connectivity index (χ0n) is 14.0. The number of thiophene rings is 1. The summed E-state index contributed by atoms with van der Waals surface area (Å²) in [5, 5.41) is 9.10. The maximum atomic E-state index is 12.3. The first kappa shape index (κ1) is 19.7. The summed E-state index contributed by atoms with van der Waals surface area (Å²) in [5.41, 5.74) is 0. The number of hydrogen-bond acceptors (Lipinski definition) is 4. The minimum Gasteiger partial charge on any atom is -0.475 e. The summed E-state index contributed by atoms with van der Waals surface area (Å²) in [6.07, 6.45) is -5.08. The molecule has 0 saturated carbocycles. The number of halogens is 3. The van der Waals surface area contributed by atoms with Gasteiger partial charge in [-0.05, 0) is 37.1 Å². The van der Waals surface area contributed by atoms with E-state index in [1.165, 1.54) is 0 Å². The van der Waals surface area contributed by atoms with Gasteiger partial charge in [0, 0.05) is 32.2 Å². The predicted molar refractivity (Wildman–Crippen MR) is 87.6 cm³/mol. The Hall–Kier alpha value is -1.61. The van der Waals surface area contributed by atoms with Crippen molar-refractivity contribution in [3.63, 3.8) is 0 Å². The highest BCUT2D eigenvalue weighted by Gasteiger charge is 2.42.